The lowest BCUT2D eigenvalue weighted by Gasteiger charge is -2.34. The van der Waals surface area contributed by atoms with Crippen LogP contribution in [0.3, 0.4) is 0 Å². The van der Waals surface area contributed by atoms with Gasteiger partial charge in [-0.25, -0.2) is 0 Å². The number of hydrogen-bond donors (Lipinski definition) is 1. The van der Waals surface area contributed by atoms with Gasteiger partial charge in [0.15, 0.2) is 5.78 Å². The van der Waals surface area contributed by atoms with Crippen molar-refractivity contribution < 1.29 is 9.59 Å². The Labute approximate surface area is 120 Å². The zero-order valence-electron chi connectivity index (χ0n) is 12.1. The van der Waals surface area contributed by atoms with Gasteiger partial charge in [0.25, 0.3) is 0 Å². The van der Waals surface area contributed by atoms with Crippen molar-refractivity contribution in [1.82, 2.24) is 5.32 Å². The summed E-state index contributed by atoms with van der Waals surface area (Å²) in [6.07, 6.45) is 12.3. The summed E-state index contributed by atoms with van der Waals surface area (Å²) in [5, 5.41) is 2.98. The minimum absolute atomic E-state index is 0.0673. The van der Waals surface area contributed by atoms with Gasteiger partial charge in [0.2, 0.25) is 5.91 Å². The van der Waals surface area contributed by atoms with Crippen LogP contribution in [0.25, 0.3) is 0 Å². The number of carbonyl (C=O) groups is 2. The molecule has 108 valence electrons. The first-order valence-corrected chi connectivity index (χ1v) is 7.86. The highest BCUT2D eigenvalue weighted by Crippen LogP contribution is 2.35. The third-order valence-corrected chi connectivity index (χ3v) is 5.06. The van der Waals surface area contributed by atoms with Crippen LogP contribution in [-0.2, 0) is 9.59 Å². The Balaban J connectivity index is 1.68. The maximum atomic E-state index is 12.5. The van der Waals surface area contributed by atoms with Gasteiger partial charge in [0, 0.05) is 5.57 Å². The number of carbonyl (C=O) groups excluding carboxylic acids is 2. The highest BCUT2D eigenvalue weighted by Gasteiger charge is 2.39. The lowest BCUT2D eigenvalue weighted by Crippen LogP contribution is -2.50. The molecule has 1 N–H and O–H groups in total. The summed E-state index contributed by atoms with van der Waals surface area (Å²) in [7, 11) is 0. The van der Waals surface area contributed by atoms with Crippen LogP contribution in [-0.4, -0.2) is 17.7 Å². The number of Topliss-reactive ketones (excluding diaryl/α,β-unsaturated/α-hetero) is 1. The number of piperidine rings is 1. The van der Waals surface area contributed by atoms with E-state index in [1.807, 2.05) is 18.2 Å². The average Bonchev–Trinajstić information content (AvgIpc) is 2.45. The summed E-state index contributed by atoms with van der Waals surface area (Å²) in [6, 6.07) is -0.175. The third kappa shape index (κ3) is 2.58. The predicted molar refractivity (Wildman–Crippen MR) is 78.0 cm³/mol. The van der Waals surface area contributed by atoms with Crippen molar-refractivity contribution in [2.75, 3.05) is 0 Å². The molecule has 0 radical (unpaired) electrons. The van der Waals surface area contributed by atoms with Crippen LogP contribution in [0.1, 0.15) is 45.4 Å². The van der Waals surface area contributed by atoms with E-state index in [0.717, 1.165) is 24.3 Å². The third-order valence-electron chi connectivity index (χ3n) is 5.06. The Kier molecular flexibility index (Phi) is 3.77. The van der Waals surface area contributed by atoms with Crippen LogP contribution in [0, 0.1) is 17.8 Å². The Morgan fingerprint density at radius 1 is 1.20 bits per heavy atom. The second-order valence-electron chi connectivity index (χ2n) is 6.59. The van der Waals surface area contributed by atoms with Crippen LogP contribution in [0.4, 0.5) is 0 Å². The van der Waals surface area contributed by atoms with E-state index in [-0.39, 0.29) is 17.7 Å². The molecular weight excluding hydrogens is 250 g/mol. The van der Waals surface area contributed by atoms with Crippen LogP contribution in [0.2, 0.25) is 0 Å². The fraction of sp³-hybridized carbons (Fsp3) is 0.647. The van der Waals surface area contributed by atoms with Gasteiger partial charge in [-0.3, -0.25) is 9.59 Å². The average molecular weight is 273 g/mol. The van der Waals surface area contributed by atoms with Crippen LogP contribution in [0.5, 0.6) is 0 Å². The molecule has 3 heteroatoms. The van der Waals surface area contributed by atoms with E-state index in [4.69, 9.17) is 0 Å². The number of ketones is 1. The molecule has 0 aromatic heterocycles. The summed E-state index contributed by atoms with van der Waals surface area (Å²) in [6.45, 7) is 2.29. The van der Waals surface area contributed by atoms with Crippen molar-refractivity contribution in [1.29, 1.82) is 0 Å². The van der Waals surface area contributed by atoms with Crippen molar-refractivity contribution in [3.05, 3.63) is 23.8 Å². The number of amides is 1. The van der Waals surface area contributed by atoms with E-state index >= 15 is 0 Å². The zero-order chi connectivity index (χ0) is 14.1. The van der Waals surface area contributed by atoms with E-state index in [1.165, 1.54) is 25.7 Å². The van der Waals surface area contributed by atoms with E-state index in [2.05, 4.69) is 12.2 Å². The molecule has 3 rings (SSSR count). The largest absolute Gasteiger partial charge is 0.345 e. The number of rotatable bonds is 2. The Morgan fingerprint density at radius 2 is 1.95 bits per heavy atom. The summed E-state index contributed by atoms with van der Waals surface area (Å²) < 4.78 is 0. The zero-order valence-corrected chi connectivity index (χ0v) is 12.1. The lowest BCUT2D eigenvalue weighted by molar-refractivity contribution is -0.135. The highest BCUT2D eigenvalue weighted by atomic mass is 16.2. The molecular formula is C17H23NO2. The van der Waals surface area contributed by atoms with Gasteiger partial charge in [-0.05, 0) is 24.7 Å². The first kappa shape index (κ1) is 13.6. The Hall–Kier alpha value is -1.38. The molecule has 1 aliphatic heterocycles. The van der Waals surface area contributed by atoms with Gasteiger partial charge >= 0.3 is 0 Å². The second kappa shape index (κ2) is 5.55. The minimum Gasteiger partial charge on any atom is -0.345 e. The number of nitrogens with one attached hydrogen (secondary N) is 1. The van der Waals surface area contributed by atoms with Crippen LogP contribution >= 0.6 is 0 Å². The van der Waals surface area contributed by atoms with Gasteiger partial charge in [0.05, 0.1) is 6.04 Å². The summed E-state index contributed by atoms with van der Waals surface area (Å²) >= 11 is 0. The van der Waals surface area contributed by atoms with Crippen molar-refractivity contribution >= 4 is 11.7 Å². The second-order valence-corrected chi connectivity index (χ2v) is 6.59. The fourth-order valence-corrected chi connectivity index (χ4v) is 3.71. The summed E-state index contributed by atoms with van der Waals surface area (Å²) in [4.78, 5) is 24.7. The van der Waals surface area contributed by atoms with Gasteiger partial charge in [-0.2, -0.15) is 0 Å². The van der Waals surface area contributed by atoms with Gasteiger partial charge in [-0.15, -0.1) is 0 Å². The maximum Gasteiger partial charge on any atom is 0.231 e. The first-order valence-electron chi connectivity index (χ1n) is 7.86. The molecule has 1 saturated heterocycles. The van der Waals surface area contributed by atoms with Gasteiger partial charge in [0.1, 0.15) is 5.92 Å². The molecule has 0 aromatic rings. The smallest absolute Gasteiger partial charge is 0.231 e. The minimum atomic E-state index is -0.442. The Bertz CT molecular complexity index is 469. The topological polar surface area (TPSA) is 46.2 Å². The fourth-order valence-electron chi connectivity index (χ4n) is 3.71. The highest BCUT2D eigenvalue weighted by molar-refractivity contribution is 6.13. The molecule has 0 aromatic carbocycles. The van der Waals surface area contributed by atoms with Crippen LogP contribution < -0.4 is 5.32 Å². The molecule has 20 heavy (non-hydrogen) atoms. The molecule has 0 bridgehead atoms. The predicted octanol–water partition coefficient (Wildman–Crippen LogP) is 2.77. The summed E-state index contributed by atoms with van der Waals surface area (Å²) in [5.41, 5.74) is 0.807. The summed E-state index contributed by atoms with van der Waals surface area (Å²) in [5.74, 6) is 0.909. The molecule has 2 aliphatic carbocycles. The molecule has 0 spiro atoms. The monoisotopic (exact) mass is 273 g/mol. The van der Waals surface area contributed by atoms with E-state index in [9.17, 15) is 9.59 Å². The molecule has 1 saturated carbocycles. The lowest BCUT2D eigenvalue weighted by atomic mass is 9.75. The SMILES string of the molecule is CC1CCC(CC2C(=O)NC3C=CCC=C3C2=O)CC1. The molecule has 3 aliphatic rings. The van der Waals surface area contributed by atoms with Gasteiger partial charge < -0.3 is 5.32 Å². The van der Waals surface area contributed by atoms with Crippen molar-refractivity contribution in [3.63, 3.8) is 0 Å². The molecule has 2 atom stereocenters. The first-order chi connectivity index (χ1) is 9.65. The van der Waals surface area contributed by atoms with E-state index in [0.29, 0.717) is 5.92 Å². The van der Waals surface area contributed by atoms with Crippen molar-refractivity contribution in [2.45, 2.75) is 51.5 Å². The standard InChI is InChI=1S/C17H23NO2/c1-11-6-8-12(9-7-11)10-14-16(19)13-4-2-3-5-15(13)18-17(14)20/h3-5,11-12,14-15H,2,6-10H2,1H3,(H,18,20). The molecule has 1 amide bonds. The van der Waals surface area contributed by atoms with E-state index < -0.39 is 5.92 Å². The van der Waals surface area contributed by atoms with Gasteiger partial charge in [-0.1, -0.05) is 50.8 Å². The number of hydrogen-bond acceptors (Lipinski definition) is 2. The van der Waals surface area contributed by atoms with Crippen LogP contribution in [0.15, 0.2) is 23.8 Å². The number of allylic oxidation sites excluding steroid dienone is 2. The van der Waals surface area contributed by atoms with Crippen molar-refractivity contribution in [3.8, 4) is 0 Å². The van der Waals surface area contributed by atoms with Crippen molar-refractivity contribution in [2.24, 2.45) is 17.8 Å². The molecule has 2 fully saturated rings. The normalized spacial score (nSPS) is 37.1. The Morgan fingerprint density at radius 3 is 2.70 bits per heavy atom. The molecule has 1 heterocycles. The molecule has 3 nitrogen and oxygen atoms in total. The molecule has 2 unspecified atom stereocenters. The van der Waals surface area contributed by atoms with E-state index in [1.54, 1.807) is 0 Å². The quantitative estimate of drug-likeness (QED) is 0.621. The number of fused-ring (bicyclic) bond motifs is 1. The maximum absolute atomic E-state index is 12.5.